The van der Waals surface area contributed by atoms with Crippen molar-refractivity contribution in [3.05, 3.63) is 188 Å². The molecule has 0 spiro atoms. The predicted octanol–water partition coefficient (Wildman–Crippen LogP) is 14.0. The molecule has 0 bridgehead atoms. The molecule has 11 rings (SSSR count). The molecule has 0 atom stereocenters. The highest BCUT2D eigenvalue weighted by molar-refractivity contribution is 7.26. The van der Waals surface area contributed by atoms with E-state index >= 15 is 0 Å². The van der Waals surface area contributed by atoms with E-state index in [1.807, 2.05) is 29.5 Å². The van der Waals surface area contributed by atoms with Crippen LogP contribution in [-0.4, -0.2) is 15.0 Å². The van der Waals surface area contributed by atoms with E-state index in [1.54, 1.807) is 0 Å². The molecule has 0 fully saturated rings. The summed E-state index contributed by atoms with van der Waals surface area (Å²) < 4.78 is 2.63. The molecule has 256 valence electrons. The van der Waals surface area contributed by atoms with Crippen LogP contribution in [0.5, 0.6) is 0 Å². The van der Waals surface area contributed by atoms with Crippen LogP contribution in [0.25, 0.3) is 109 Å². The molecule has 0 unspecified atom stereocenters. The minimum atomic E-state index is 0.641. The first-order chi connectivity index (χ1) is 27.2. The summed E-state index contributed by atoms with van der Waals surface area (Å²) in [7, 11) is 0. The average Bonchev–Trinajstić information content (AvgIpc) is 3.65. The standard InChI is InChI=1S/C51H31N3S/c1-2-12-36(13-3-1)49-52-50(37-26-23-34(24-27-37)40-19-8-14-32-11-4-5-17-39(32)40)54-51(53-49)44-21-9-15-33-25-28-38(31-45(33)44)41-20-10-16-35-29-30-43-42-18-6-7-22-46(42)55-48(43)47(35)41/h1-31H. The van der Waals surface area contributed by atoms with E-state index in [2.05, 4.69) is 170 Å². The van der Waals surface area contributed by atoms with E-state index in [0.29, 0.717) is 17.5 Å². The molecule has 0 saturated heterocycles. The van der Waals surface area contributed by atoms with Gasteiger partial charge in [0.15, 0.2) is 17.5 Å². The van der Waals surface area contributed by atoms with Gasteiger partial charge in [-0.15, -0.1) is 11.3 Å². The van der Waals surface area contributed by atoms with Crippen LogP contribution in [-0.2, 0) is 0 Å². The van der Waals surface area contributed by atoms with Crippen molar-refractivity contribution in [2.75, 3.05) is 0 Å². The number of fused-ring (bicyclic) bond motifs is 7. The summed E-state index contributed by atoms with van der Waals surface area (Å²) in [6, 6.07) is 66.9. The van der Waals surface area contributed by atoms with E-state index in [4.69, 9.17) is 15.0 Å². The van der Waals surface area contributed by atoms with Crippen molar-refractivity contribution in [3.63, 3.8) is 0 Å². The van der Waals surface area contributed by atoms with Gasteiger partial charge in [-0.25, -0.2) is 15.0 Å². The molecule has 0 radical (unpaired) electrons. The van der Waals surface area contributed by atoms with Crippen LogP contribution >= 0.6 is 11.3 Å². The molecule has 0 aliphatic carbocycles. The second-order valence-corrected chi connectivity index (χ2v) is 15.0. The smallest absolute Gasteiger partial charge is 0.164 e. The van der Waals surface area contributed by atoms with Gasteiger partial charge >= 0.3 is 0 Å². The lowest BCUT2D eigenvalue weighted by Gasteiger charge is -2.13. The van der Waals surface area contributed by atoms with Crippen LogP contribution in [0, 0.1) is 0 Å². The molecule has 9 aromatic carbocycles. The average molecular weight is 718 g/mol. The Morgan fingerprint density at radius 3 is 1.69 bits per heavy atom. The molecule has 0 aliphatic rings. The molecule has 2 aromatic heterocycles. The van der Waals surface area contributed by atoms with Crippen LogP contribution in [0.4, 0.5) is 0 Å². The Labute approximate surface area is 321 Å². The van der Waals surface area contributed by atoms with E-state index in [0.717, 1.165) is 38.6 Å². The van der Waals surface area contributed by atoms with Crippen LogP contribution in [0.2, 0.25) is 0 Å². The van der Waals surface area contributed by atoms with Crippen molar-refractivity contribution in [1.29, 1.82) is 0 Å². The van der Waals surface area contributed by atoms with Crippen molar-refractivity contribution in [2.24, 2.45) is 0 Å². The van der Waals surface area contributed by atoms with Gasteiger partial charge in [-0.1, -0.05) is 176 Å². The Kier molecular flexibility index (Phi) is 7.35. The number of aromatic nitrogens is 3. The Balaban J connectivity index is 1.07. The van der Waals surface area contributed by atoms with Crippen molar-refractivity contribution in [3.8, 4) is 56.4 Å². The summed E-state index contributed by atoms with van der Waals surface area (Å²) >= 11 is 1.88. The topological polar surface area (TPSA) is 38.7 Å². The minimum absolute atomic E-state index is 0.641. The summed E-state index contributed by atoms with van der Waals surface area (Å²) in [4.78, 5) is 15.4. The lowest BCUT2D eigenvalue weighted by atomic mass is 9.93. The summed E-state index contributed by atoms with van der Waals surface area (Å²) in [6.45, 7) is 0. The monoisotopic (exact) mass is 717 g/mol. The number of hydrogen-bond donors (Lipinski definition) is 0. The number of rotatable bonds is 5. The van der Waals surface area contributed by atoms with Gasteiger partial charge in [0.2, 0.25) is 0 Å². The summed E-state index contributed by atoms with van der Waals surface area (Å²) in [5.74, 6) is 1.94. The Bertz CT molecular complexity index is 3250. The quantitative estimate of drug-likeness (QED) is 0.178. The van der Waals surface area contributed by atoms with Gasteiger partial charge in [-0.2, -0.15) is 0 Å². The zero-order valence-electron chi connectivity index (χ0n) is 29.6. The number of benzene rings is 9. The lowest BCUT2D eigenvalue weighted by Crippen LogP contribution is -2.00. The van der Waals surface area contributed by atoms with E-state index < -0.39 is 0 Å². The largest absolute Gasteiger partial charge is 0.208 e. The first-order valence-corrected chi connectivity index (χ1v) is 19.3. The third-order valence-corrected chi connectivity index (χ3v) is 11.9. The number of thiophene rings is 1. The van der Waals surface area contributed by atoms with Gasteiger partial charge in [0.25, 0.3) is 0 Å². The molecule has 11 aromatic rings. The van der Waals surface area contributed by atoms with E-state index in [-0.39, 0.29) is 0 Å². The molecule has 0 amide bonds. The number of nitrogens with zero attached hydrogens (tertiary/aromatic N) is 3. The fourth-order valence-electron chi connectivity index (χ4n) is 8.05. The normalized spacial score (nSPS) is 11.6. The molecule has 0 aliphatic heterocycles. The Morgan fingerprint density at radius 1 is 0.309 bits per heavy atom. The van der Waals surface area contributed by atoms with Crippen molar-refractivity contribution >= 4 is 63.8 Å². The first kappa shape index (κ1) is 31.5. The van der Waals surface area contributed by atoms with Gasteiger partial charge in [-0.05, 0) is 61.3 Å². The maximum absolute atomic E-state index is 5.20. The first-order valence-electron chi connectivity index (χ1n) is 18.5. The van der Waals surface area contributed by atoms with E-state index in [1.165, 1.54) is 52.8 Å². The van der Waals surface area contributed by atoms with Crippen molar-refractivity contribution in [2.45, 2.75) is 0 Å². The zero-order valence-corrected chi connectivity index (χ0v) is 30.5. The van der Waals surface area contributed by atoms with Gasteiger partial charge in [0.1, 0.15) is 0 Å². The van der Waals surface area contributed by atoms with Crippen molar-refractivity contribution < 1.29 is 0 Å². The maximum Gasteiger partial charge on any atom is 0.164 e. The highest BCUT2D eigenvalue weighted by Crippen LogP contribution is 2.43. The Hall–Kier alpha value is -7.01. The van der Waals surface area contributed by atoms with Crippen LogP contribution in [0.1, 0.15) is 0 Å². The second-order valence-electron chi connectivity index (χ2n) is 14.0. The van der Waals surface area contributed by atoms with Gasteiger partial charge < -0.3 is 0 Å². The summed E-state index contributed by atoms with van der Waals surface area (Å²) in [5, 5.41) is 9.84. The zero-order chi connectivity index (χ0) is 36.3. The number of hydrogen-bond acceptors (Lipinski definition) is 4. The third kappa shape index (κ3) is 5.38. The van der Waals surface area contributed by atoms with Crippen LogP contribution in [0.3, 0.4) is 0 Å². The molecule has 55 heavy (non-hydrogen) atoms. The fraction of sp³-hybridized carbons (Fsp3) is 0. The van der Waals surface area contributed by atoms with Crippen molar-refractivity contribution in [1.82, 2.24) is 15.0 Å². The molecule has 0 saturated carbocycles. The van der Waals surface area contributed by atoms with Crippen LogP contribution in [0.15, 0.2) is 188 Å². The third-order valence-electron chi connectivity index (χ3n) is 10.7. The van der Waals surface area contributed by atoms with Gasteiger partial charge in [-0.3, -0.25) is 0 Å². The van der Waals surface area contributed by atoms with Gasteiger partial charge in [0.05, 0.1) is 0 Å². The summed E-state index contributed by atoms with van der Waals surface area (Å²) in [6.07, 6.45) is 0. The SMILES string of the molecule is c1ccc(-c2nc(-c3ccc(-c4cccc5ccccc45)cc3)nc(-c3cccc4ccc(-c5cccc6ccc7c8ccccc8sc7c56)cc34)n2)cc1. The molecule has 0 N–H and O–H groups in total. The maximum atomic E-state index is 5.20. The van der Waals surface area contributed by atoms with E-state index in [9.17, 15) is 0 Å². The fourth-order valence-corrected chi connectivity index (χ4v) is 9.32. The second kappa shape index (κ2) is 12.8. The molecule has 3 nitrogen and oxygen atoms in total. The molecular weight excluding hydrogens is 687 g/mol. The predicted molar refractivity (Wildman–Crippen MR) is 232 cm³/mol. The van der Waals surface area contributed by atoms with Crippen LogP contribution < -0.4 is 0 Å². The minimum Gasteiger partial charge on any atom is -0.208 e. The molecule has 4 heteroatoms. The molecular formula is C51H31N3S. The lowest BCUT2D eigenvalue weighted by molar-refractivity contribution is 1.08. The summed E-state index contributed by atoms with van der Waals surface area (Å²) in [5.41, 5.74) is 7.60. The highest BCUT2D eigenvalue weighted by atomic mass is 32.1. The molecule has 2 heterocycles. The Morgan fingerprint density at radius 2 is 0.873 bits per heavy atom. The highest BCUT2D eigenvalue weighted by Gasteiger charge is 2.17. The van der Waals surface area contributed by atoms with Gasteiger partial charge in [0, 0.05) is 42.2 Å².